The molecule has 0 aromatic heterocycles. The van der Waals surface area contributed by atoms with Crippen molar-refractivity contribution in [1.29, 1.82) is 0 Å². The van der Waals surface area contributed by atoms with Crippen LogP contribution in [0.25, 0.3) is 0 Å². The van der Waals surface area contributed by atoms with Crippen molar-refractivity contribution in [3.8, 4) is 0 Å². The van der Waals surface area contributed by atoms with E-state index in [-0.39, 0.29) is 5.78 Å². The summed E-state index contributed by atoms with van der Waals surface area (Å²) in [5.41, 5.74) is 2.76. The topological polar surface area (TPSA) is 43.4 Å². The molecule has 0 saturated carbocycles. The van der Waals surface area contributed by atoms with E-state index in [1.54, 1.807) is 0 Å². The summed E-state index contributed by atoms with van der Waals surface area (Å²) >= 11 is 0. The van der Waals surface area contributed by atoms with Crippen molar-refractivity contribution in [3.63, 3.8) is 0 Å². The predicted molar refractivity (Wildman–Crippen MR) is 59.4 cm³/mol. The first-order valence-corrected chi connectivity index (χ1v) is 5.39. The summed E-state index contributed by atoms with van der Waals surface area (Å²) in [4.78, 5) is 23.0. The Morgan fingerprint density at radius 1 is 1.44 bits per heavy atom. The highest BCUT2D eigenvalue weighted by atomic mass is 16.5. The molecule has 0 spiro atoms. The van der Waals surface area contributed by atoms with E-state index < -0.39 is 12.1 Å². The molecule has 0 fully saturated rings. The van der Waals surface area contributed by atoms with Gasteiger partial charge < -0.3 is 4.74 Å². The van der Waals surface area contributed by atoms with Crippen molar-refractivity contribution in [2.24, 2.45) is 0 Å². The zero-order valence-corrected chi connectivity index (χ0v) is 9.45. The van der Waals surface area contributed by atoms with Gasteiger partial charge in [0.05, 0.1) is 0 Å². The molecule has 0 radical (unpaired) electrons. The van der Waals surface area contributed by atoms with Crippen LogP contribution < -0.4 is 0 Å². The van der Waals surface area contributed by atoms with Gasteiger partial charge in [0.1, 0.15) is 0 Å². The number of fused-ring (bicyclic) bond motifs is 1. The second-order valence-electron chi connectivity index (χ2n) is 4.11. The van der Waals surface area contributed by atoms with Crippen LogP contribution in [0.5, 0.6) is 0 Å². The van der Waals surface area contributed by atoms with Gasteiger partial charge in [0.15, 0.2) is 6.10 Å². The van der Waals surface area contributed by atoms with Gasteiger partial charge in [-0.1, -0.05) is 18.2 Å². The lowest BCUT2D eigenvalue weighted by Crippen LogP contribution is -2.32. The number of carbonyl (C=O) groups is 2. The lowest BCUT2D eigenvalue weighted by atomic mass is 9.86. The van der Waals surface area contributed by atoms with Crippen molar-refractivity contribution in [1.82, 2.24) is 0 Å². The van der Waals surface area contributed by atoms with Gasteiger partial charge >= 0.3 is 5.97 Å². The Kier molecular flexibility index (Phi) is 2.77. The SMILES string of the molecule is CC(=O)OC1CCc2cccc(C)c2C1=O. The van der Waals surface area contributed by atoms with E-state index in [0.717, 1.165) is 23.1 Å². The van der Waals surface area contributed by atoms with Crippen LogP contribution in [0.4, 0.5) is 0 Å². The maximum atomic E-state index is 12.1. The van der Waals surface area contributed by atoms with Crippen LogP contribution in [0, 0.1) is 6.92 Å². The van der Waals surface area contributed by atoms with Crippen LogP contribution in [0.2, 0.25) is 0 Å². The molecule has 1 atom stereocenters. The number of esters is 1. The maximum absolute atomic E-state index is 12.1. The molecule has 3 heteroatoms. The van der Waals surface area contributed by atoms with Gasteiger partial charge in [0, 0.05) is 12.5 Å². The molecule has 0 amide bonds. The van der Waals surface area contributed by atoms with Crippen molar-refractivity contribution in [2.75, 3.05) is 0 Å². The summed E-state index contributed by atoms with van der Waals surface area (Å²) in [5, 5.41) is 0. The Bertz CT molecular complexity index is 448. The molecule has 0 N–H and O–H groups in total. The van der Waals surface area contributed by atoms with Crippen LogP contribution in [-0.4, -0.2) is 17.9 Å². The van der Waals surface area contributed by atoms with Crippen LogP contribution in [0.3, 0.4) is 0 Å². The maximum Gasteiger partial charge on any atom is 0.303 e. The number of Topliss-reactive ketones (excluding diaryl/α,β-unsaturated/α-hetero) is 1. The first-order chi connectivity index (χ1) is 7.59. The van der Waals surface area contributed by atoms with Gasteiger partial charge in [-0.2, -0.15) is 0 Å². The Labute approximate surface area is 94.4 Å². The van der Waals surface area contributed by atoms with E-state index in [1.807, 2.05) is 25.1 Å². The van der Waals surface area contributed by atoms with Crippen LogP contribution >= 0.6 is 0 Å². The molecule has 1 aromatic carbocycles. The summed E-state index contributed by atoms with van der Waals surface area (Å²) in [6.07, 6.45) is 0.793. The van der Waals surface area contributed by atoms with E-state index in [2.05, 4.69) is 0 Å². The fourth-order valence-electron chi connectivity index (χ4n) is 2.18. The summed E-state index contributed by atoms with van der Waals surface area (Å²) < 4.78 is 5.03. The van der Waals surface area contributed by atoms with Crippen LogP contribution in [0.15, 0.2) is 18.2 Å². The number of ketones is 1. The summed E-state index contributed by atoms with van der Waals surface area (Å²) in [6.45, 7) is 3.24. The Morgan fingerprint density at radius 2 is 2.19 bits per heavy atom. The van der Waals surface area contributed by atoms with Gasteiger partial charge in [-0.05, 0) is 30.9 Å². The average Bonchev–Trinajstić information content (AvgIpc) is 2.22. The van der Waals surface area contributed by atoms with Crippen molar-refractivity contribution < 1.29 is 14.3 Å². The van der Waals surface area contributed by atoms with Crippen molar-refractivity contribution in [3.05, 3.63) is 34.9 Å². The first-order valence-electron chi connectivity index (χ1n) is 5.39. The molecule has 1 aliphatic carbocycles. The summed E-state index contributed by atoms with van der Waals surface area (Å²) in [6, 6.07) is 5.82. The van der Waals surface area contributed by atoms with Gasteiger partial charge in [-0.15, -0.1) is 0 Å². The molecule has 0 saturated heterocycles. The smallest absolute Gasteiger partial charge is 0.303 e. The van der Waals surface area contributed by atoms with E-state index in [0.29, 0.717) is 6.42 Å². The molecule has 1 unspecified atom stereocenters. The second-order valence-corrected chi connectivity index (χ2v) is 4.11. The van der Waals surface area contributed by atoms with E-state index in [4.69, 9.17) is 4.74 Å². The number of carbonyl (C=O) groups excluding carboxylic acids is 2. The monoisotopic (exact) mass is 218 g/mol. The Balaban J connectivity index is 2.34. The van der Waals surface area contributed by atoms with Gasteiger partial charge in [-0.25, -0.2) is 0 Å². The molecule has 0 aliphatic heterocycles. The molecule has 3 nitrogen and oxygen atoms in total. The number of hydrogen-bond acceptors (Lipinski definition) is 3. The quantitative estimate of drug-likeness (QED) is 0.677. The van der Waals surface area contributed by atoms with E-state index >= 15 is 0 Å². The molecular weight excluding hydrogens is 204 g/mol. The Hall–Kier alpha value is -1.64. The van der Waals surface area contributed by atoms with E-state index in [1.165, 1.54) is 6.92 Å². The number of rotatable bonds is 1. The summed E-state index contributed by atoms with van der Waals surface area (Å²) in [5.74, 6) is -0.454. The highest BCUT2D eigenvalue weighted by molar-refractivity contribution is 6.03. The minimum absolute atomic E-state index is 0.0606. The lowest BCUT2D eigenvalue weighted by Gasteiger charge is -2.24. The highest BCUT2D eigenvalue weighted by Crippen LogP contribution is 2.25. The third kappa shape index (κ3) is 1.85. The molecule has 84 valence electrons. The van der Waals surface area contributed by atoms with Gasteiger partial charge in [0.2, 0.25) is 5.78 Å². The number of benzene rings is 1. The normalized spacial score (nSPS) is 19.1. The number of hydrogen-bond donors (Lipinski definition) is 0. The third-order valence-corrected chi connectivity index (χ3v) is 2.88. The second kappa shape index (κ2) is 4.08. The zero-order valence-electron chi connectivity index (χ0n) is 9.45. The highest BCUT2D eigenvalue weighted by Gasteiger charge is 2.30. The van der Waals surface area contributed by atoms with Crippen LogP contribution in [0.1, 0.15) is 34.8 Å². The summed E-state index contributed by atoms with van der Waals surface area (Å²) in [7, 11) is 0. The fraction of sp³-hybridized carbons (Fsp3) is 0.385. The Morgan fingerprint density at radius 3 is 2.88 bits per heavy atom. The number of aryl methyl sites for hydroxylation is 2. The molecule has 16 heavy (non-hydrogen) atoms. The van der Waals surface area contributed by atoms with Crippen molar-refractivity contribution >= 4 is 11.8 Å². The van der Waals surface area contributed by atoms with Gasteiger partial charge in [-0.3, -0.25) is 9.59 Å². The molecule has 1 aromatic rings. The van der Waals surface area contributed by atoms with E-state index in [9.17, 15) is 9.59 Å². The van der Waals surface area contributed by atoms with Crippen LogP contribution in [-0.2, 0) is 16.0 Å². The number of ether oxygens (including phenoxy) is 1. The minimum Gasteiger partial charge on any atom is -0.454 e. The molecule has 1 aliphatic rings. The first kappa shape index (κ1) is 10.9. The molecular formula is C13H14O3. The standard InChI is InChI=1S/C13H14O3/c1-8-4-3-5-10-6-7-11(16-9(2)14)13(15)12(8)10/h3-5,11H,6-7H2,1-2H3. The largest absolute Gasteiger partial charge is 0.454 e. The molecule has 2 rings (SSSR count). The fourth-order valence-corrected chi connectivity index (χ4v) is 2.18. The minimum atomic E-state index is -0.592. The van der Waals surface area contributed by atoms with Gasteiger partial charge in [0.25, 0.3) is 0 Å². The van der Waals surface area contributed by atoms with Crippen molar-refractivity contribution in [2.45, 2.75) is 32.8 Å². The third-order valence-electron chi connectivity index (χ3n) is 2.88. The average molecular weight is 218 g/mol. The molecule has 0 heterocycles. The predicted octanol–water partition coefficient (Wildman–Crippen LogP) is 2.06. The zero-order chi connectivity index (χ0) is 11.7. The lowest BCUT2D eigenvalue weighted by molar-refractivity contribution is -0.144. The molecule has 0 bridgehead atoms.